The summed E-state index contributed by atoms with van der Waals surface area (Å²) in [4.78, 5) is 5.08. The first-order chi connectivity index (χ1) is 12.8. The highest BCUT2D eigenvalue weighted by atomic mass is 16.5. The lowest BCUT2D eigenvalue weighted by molar-refractivity contribution is -0.0318. The van der Waals surface area contributed by atoms with E-state index in [-0.39, 0.29) is 11.6 Å². The van der Waals surface area contributed by atoms with Crippen LogP contribution in [0.1, 0.15) is 51.4 Å². The molecule has 1 aliphatic carbocycles. The molecule has 4 nitrogen and oxygen atoms in total. The zero-order valence-corrected chi connectivity index (χ0v) is 16.0. The Kier molecular flexibility index (Phi) is 5.82. The van der Waals surface area contributed by atoms with E-state index in [1.54, 1.807) is 0 Å². The van der Waals surface area contributed by atoms with E-state index in [0.717, 1.165) is 26.2 Å². The molecule has 3 aliphatic rings. The molecule has 4 rings (SSSR count). The lowest BCUT2D eigenvalue weighted by Crippen LogP contribution is -2.47. The molecule has 0 radical (unpaired) electrons. The summed E-state index contributed by atoms with van der Waals surface area (Å²) in [6.45, 7) is 4.56. The van der Waals surface area contributed by atoms with E-state index >= 15 is 0 Å². The van der Waals surface area contributed by atoms with Crippen molar-refractivity contribution in [3.63, 3.8) is 0 Å². The predicted molar refractivity (Wildman–Crippen MR) is 106 cm³/mol. The van der Waals surface area contributed by atoms with Crippen LogP contribution in [-0.2, 0) is 4.74 Å². The average Bonchev–Trinajstić information content (AvgIpc) is 3.28. The van der Waals surface area contributed by atoms with Crippen LogP contribution in [0.5, 0.6) is 0 Å². The van der Waals surface area contributed by atoms with Gasteiger partial charge in [0, 0.05) is 31.9 Å². The van der Waals surface area contributed by atoms with Crippen molar-refractivity contribution in [2.24, 2.45) is 0 Å². The molecule has 2 unspecified atom stereocenters. The second-order valence-corrected chi connectivity index (χ2v) is 8.55. The monoisotopic (exact) mass is 358 g/mol. The molecule has 1 N–H and O–H groups in total. The Morgan fingerprint density at radius 2 is 1.85 bits per heavy atom. The molecule has 0 aromatic heterocycles. The van der Waals surface area contributed by atoms with Crippen molar-refractivity contribution >= 4 is 5.69 Å². The minimum atomic E-state index is -0.362. The third-order valence-corrected chi connectivity index (χ3v) is 6.62. The fraction of sp³-hybridized carbons (Fsp3) is 0.727. The molecule has 1 spiro atoms. The van der Waals surface area contributed by atoms with E-state index < -0.39 is 0 Å². The first-order valence-corrected chi connectivity index (χ1v) is 10.6. The van der Waals surface area contributed by atoms with Crippen LogP contribution in [0, 0.1) is 0 Å². The molecule has 0 amide bonds. The van der Waals surface area contributed by atoms with Crippen molar-refractivity contribution in [2.45, 2.75) is 69.1 Å². The maximum atomic E-state index is 10.5. The maximum absolute atomic E-state index is 10.5. The van der Waals surface area contributed by atoms with Crippen LogP contribution in [0.4, 0.5) is 5.69 Å². The number of rotatable bonds is 6. The van der Waals surface area contributed by atoms with Crippen LogP contribution < -0.4 is 4.90 Å². The number of anilines is 1. The van der Waals surface area contributed by atoms with Crippen molar-refractivity contribution in [1.82, 2.24) is 4.90 Å². The van der Waals surface area contributed by atoms with E-state index in [2.05, 4.69) is 40.1 Å². The molecule has 2 aliphatic heterocycles. The van der Waals surface area contributed by atoms with Gasteiger partial charge in [0.1, 0.15) is 0 Å². The van der Waals surface area contributed by atoms with Gasteiger partial charge in [-0.3, -0.25) is 4.90 Å². The molecule has 1 saturated carbocycles. The van der Waals surface area contributed by atoms with Gasteiger partial charge in [-0.15, -0.1) is 0 Å². The Morgan fingerprint density at radius 3 is 2.65 bits per heavy atom. The Hall–Kier alpha value is -1.10. The van der Waals surface area contributed by atoms with E-state index in [1.165, 1.54) is 57.1 Å². The molecule has 2 atom stereocenters. The highest BCUT2D eigenvalue weighted by Crippen LogP contribution is 2.40. The molecule has 1 aromatic carbocycles. The van der Waals surface area contributed by atoms with Crippen LogP contribution in [0.2, 0.25) is 0 Å². The smallest absolute Gasteiger partial charge is 0.0900 e. The third-order valence-electron chi connectivity index (χ3n) is 6.62. The molecule has 0 bridgehead atoms. The SMILES string of the molecule is OC(COC1CCCCC1)CN1CCC2(CCCN2c2ccccc2)C1. The largest absolute Gasteiger partial charge is 0.389 e. The van der Waals surface area contributed by atoms with Gasteiger partial charge >= 0.3 is 0 Å². The van der Waals surface area contributed by atoms with Crippen LogP contribution in [0.25, 0.3) is 0 Å². The van der Waals surface area contributed by atoms with Crippen molar-refractivity contribution in [3.8, 4) is 0 Å². The van der Waals surface area contributed by atoms with E-state index in [1.807, 2.05) is 0 Å². The van der Waals surface area contributed by atoms with Crippen molar-refractivity contribution in [1.29, 1.82) is 0 Å². The fourth-order valence-electron chi connectivity index (χ4n) is 5.30. The van der Waals surface area contributed by atoms with E-state index in [4.69, 9.17) is 4.74 Å². The second kappa shape index (κ2) is 8.28. The number of hydrogen-bond acceptors (Lipinski definition) is 4. The summed E-state index contributed by atoms with van der Waals surface area (Å²) in [5.41, 5.74) is 1.62. The number of hydrogen-bond donors (Lipinski definition) is 1. The molecule has 2 heterocycles. The lowest BCUT2D eigenvalue weighted by atomic mass is 9.94. The normalized spacial score (nSPS) is 28.9. The van der Waals surface area contributed by atoms with Crippen molar-refractivity contribution in [2.75, 3.05) is 37.7 Å². The summed E-state index contributed by atoms with van der Waals surface area (Å²) in [6, 6.07) is 10.8. The Bertz CT molecular complexity index is 561. The average molecular weight is 359 g/mol. The zero-order valence-electron chi connectivity index (χ0n) is 16.0. The van der Waals surface area contributed by atoms with Crippen LogP contribution in [0.15, 0.2) is 30.3 Å². The highest BCUT2D eigenvalue weighted by molar-refractivity contribution is 5.50. The number of para-hydroxylation sites is 1. The Balaban J connectivity index is 1.29. The van der Waals surface area contributed by atoms with E-state index in [0.29, 0.717) is 12.7 Å². The molecule has 2 saturated heterocycles. The zero-order chi connectivity index (χ0) is 17.8. The van der Waals surface area contributed by atoms with Gasteiger partial charge in [0.25, 0.3) is 0 Å². The Morgan fingerprint density at radius 1 is 1.04 bits per heavy atom. The second-order valence-electron chi connectivity index (χ2n) is 8.55. The summed E-state index contributed by atoms with van der Waals surface area (Å²) in [5.74, 6) is 0. The quantitative estimate of drug-likeness (QED) is 0.845. The number of aliphatic hydroxyl groups is 1. The fourth-order valence-corrected chi connectivity index (χ4v) is 5.30. The topological polar surface area (TPSA) is 35.9 Å². The number of β-amino-alcohol motifs (C(OH)–C–C–N with tert-alkyl or cyclic N) is 1. The lowest BCUT2D eigenvalue weighted by Gasteiger charge is -2.37. The predicted octanol–water partition coefficient (Wildman–Crippen LogP) is 3.44. The van der Waals surface area contributed by atoms with Crippen molar-refractivity contribution < 1.29 is 9.84 Å². The maximum Gasteiger partial charge on any atom is 0.0900 e. The summed E-state index contributed by atoms with van der Waals surface area (Å²) in [5, 5.41) is 10.5. The van der Waals surface area contributed by atoms with Crippen LogP contribution in [-0.4, -0.2) is 60.5 Å². The number of benzene rings is 1. The minimum absolute atomic E-state index is 0.269. The highest BCUT2D eigenvalue weighted by Gasteiger charge is 2.46. The number of likely N-dealkylation sites (tertiary alicyclic amines) is 1. The minimum Gasteiger partial charge on any atom is -0.389 e. The molecule has 3 fully saturated rings. The van der Waals surface area contributed by atoms with Crippen LogP contribution >= 0.6 is 0 Å². The number of nitrogens with zero attached hydrogens (tertiary/aromatic N) is 2. The summed E-state index contributed by atoms with van der Waals surface area (Å²) in [6.07, 6.45) is 10.0. The standard InChI is InChI=1S/C22H34N2O2/c25-20(17-26-21-10-5-2-6-11-21)16-23-15-13-22(18-23)12-7-14-24(22)19-8-3-1-4-9-19/h1,3-4,8-9,20-21,25H,2,5-7,10-18H2. The van der Waals surface area contributed by atoms with Gasteiger partial charge in [0.2, 0.25) is 0 Å². The van der Waals surface area contributed by atoms with Gasteiger partial charge < -0.3 is 14.7 Å². The molecule has 144 valence electrons. The first-order valence-electron chi connectivity index (χ1n) is 10.6. The molecule has 1 aromatic rings. The van der Waals surface area contributed by atoms with Gasteiger partial charge in [0.05, 0.1) is 24.4 Å². The van der Waals surface area contributed by atoms with Gasteiger partial charge in [0.15, 0.2) is 0 Å². The molecule has 26 heavy (non-hydrogen) atoms. The van der Waals surface area contributed by atoms with E-state index in [9.17, 15) is 5.11 Å². The van der Waals surface area contributed by atoms with Crippen molar-refractivity contribution in [3.05, 3.63) is 30.3 Å². The summed E-state index contributed by atoms with van der Waals surface area (Å²) in [7, 11) is 0. The first kappa shape index (κ1) is 18.3. The molecular formula is C22H34N2O2. The van der Waals surface area contributed by atoms with Crippen LogP contribution in [0.3, 0.4) is 0 Å². The van der Waals surface area contributed by atoms with Gasteiger partial charge in [-0.1, -0.05) is 37.5 Å². The van der Waals surface area contributed by atoms with Gasteiger partial charge in [-0.25, -0.2) is 0 Å². The number of aliphatic hydroxyl groups excluding tert-OH is 1. The summed E-state index contributed by atoms with van der Waals surface area (Å²) < 4.78 is 5.98. The number of ether oxygens (including phenoxy) is 1. The third kappa shape index (κ3) is 4.08. The summed E-state index contributed by atoms with van der Waals surface area (Å²) >= 11 is 0. The van der Waals surface area contributed by atoms with Gasteiger partial charge in [-0.05, 0) is 44.2 Å². The Labute approximate surface area is 158 Å². The molecule has 4 heteroatoms. The van der Waals surface area contributed by atoms with Gasteiger partial charge in [-0.2, -0.15) is 0 Å². The molecular weight excluding hydrogens is 324 g/mol.